The first-order valence-electron chi connectivity index (χ1n) is 23.5. The van der Waals surface area contributed by atoms with Crippen molar-refractivity contribution < 1.29 is 30.3 Å². The molecule has 4 heterocycles. The molecule has 0 amide bonds. The van der Waals surface area contributed by atoms with Crippen molar-refractivity contribution in [3.05, 3.63) is 181 Å². The molecule has 0 fully saturated rings. The predicted octanol–water partition coefficient (Wildman–Crippen LogP) is 16.4. The maximum absolute atomic E-state index is 8.44. The predicted molar refractivity (Wildman–Crippen MR) is 279 cm³/mol. The van der Waals surface area contributed by atoms with E-state index in [2.05, 4.69) is 172 Å². The molecule has 0 aliphatic heterocycles. The van der Waals surface area contributed by atoms with Crippen LogP contribution in [0.5, 0.6) is 0 Å². The molecule has 67 heavy (non-hydrogen) atoms. The minimum Gasteiger partial charge on any atom is -0.500 e. The maximum Gasteiger partial charge on any atom is 0.145 e. The summed E-state index contributed by atoms with van der Waals surface area (Å²) in [6.07, 6.45) is 1.98. The van der Waals surface area contributed by atoms with E-state index in [0.717, 1.165) is 83.1 Å². The Hall–Kier alpha value is -6.37. The van der Waals surface area contributed by atoms with Gasteiger partial charge in [0.1, 0.15) is 16.7 Å². The Morgan fingerprint density at radius 2 is 1.30 bits per heavy atom. The zero-order chi connectivity index (χ0) is 46.8. The SMILES string of the molecule is CC(C)c1cc(-c2ccccc2)cc(C(C)C)c1-n1c(-c2[c-]ccc3c2oc2ccc4c5ccccc5oc4c23)nc2ccccc21.[2H]C(C)(C)c1cc(-c2[c-]cccc2)ncc1[Si](C)(C)C.[Ir]. The van der Waals surface area contributed by atoms with Crippen molar-refractivity contribution in [1.82, 2.24) is 14.5 Å². The third-order valence-electron chi connectivity index (χ3n) is 12.7. The van der Waals surface area contributed by atoms with E-state index in [1.165, 1.54) is 33.1 Å². The standard InChI is InChI=1S/C43H33N2O2.C17H22NSi.Ir/c1-25(2)33-23-28(27-13-6-5-7-14-27)24-34(26(3)4)40(33)45-36-19-10-9-18-35(36)44-43(45)32-17-12-16-31-39-38(47-41(31)32)22-21-30-29-15-8-11-20-37(29)46-42(30)39;1-13(2)15-11-16(14-9-7-6-8-10-14)18-12-17(15)19(3,4)5;/h5-16,18-26H,1-4H3;6-9,11-13H,1-5H3;/q2*-1;/i;13D;. The van der Waals surface area contributed by atoms with Crippen LogP contribution in [0, 0.1) is 12.1 Å². The molecule has 11 aromatic rings. The number of imidazole rings is 1. The molecule has 0 saturated heterocycles. The first kappa shape index (κ1) is 44.5. The second kappa shape index (κ2) is 18.4. The Bertz CT molecular complexity index is 3580. The quantitative estimate of drug-likeness (QED) is 0.112. The molecule has 4 aromatic heterocycles. The first-order valence-corrected chi connectivity index (χ1v) is 26.5. The average Bonchev–Trinajstić information content (AvgIpc) is 4.02. The number of nitrogens with zero attached hydrogens (tertiary/aromatic N) is 3. The molecule has 5 nitrogen and oxygen atoms in total. The van der Waals surface area contributed by atoms with E-state index < -0.39 is 14.0 Å². The number of furan rings is 2. The third kappa shape index (κ3) is 8.39. The molecular formula is C60H55IrN3O2Si-2. The van der Waals surface area contributed by atoms with E-state index >= 15 is 0 Å². The van der Waals surface area contributed by atoms with Gasteiger partial charge in [0.05, 0.1) is 35.9 Å². The summed E-state index contributed by atoms with van der Waals surface area (Å²) in [7, 11) is -1.50. The summed E-state index contributed by atoms with van der Waals surface area (Å²) in [4.78, 5) is 9.92. The average molecular weight is 1070 g/mol. The number of para-hydroxylation sites is 3. The Morgan fingerprint density at radius 3 is 2.00 bits per heavy atom. The molecule has 0 aliphatic carbocycles. The van der Waals surface area contributed by atoms with Gasteiger partial charge in [-0.1, -0.05) is 144 Å². The fourth-order valence-corrected chi connectivity index (χ4v) is 11.0. The Labute approximate surface area is 409 Å². The minimum absolute atomic E-state index is 0. The zero-order valence-electron chi connectivity index (χ0n) is 40.6. The fourth-order valence-electron chi connectivity index (χ4n) is 9.38. The van der Waals surface area contributed by atoms with E-state index in [1.54, 1.807) is 0 Å². The van der Waals surface area contributed by atoms with Crippen LogP contribution < -0.4 is 5.19 Å². The Morgan fingerprint density at radius 1 is 0.612 bits per heavy atom. The number of benzene rings is 7. The van der Waals surface area contributed by atoms with E-state index in [4.69, 9.17) is 15.2 Å². The smallest absolute Gasteiger partial charge is 0.145 e. The van der Waals surface area contributed by atoms with Gasteiger partial charge in [-0.05, 0) is 93.3 Å². The van der Waals surface area contributed by atoms with Crippen molar-refractivity contribution in [2.75, 3.05) is 0 Å². The van der Waals surface area contributed by atoms with Gasteiger partial charge in [-0.2, -0.15) is 0 Å². The van der Waals surface area contributed by atoms with Crippen LogP contribution in [0.4, 0.5) is 0 Å². The number of fused-ring (bicyclic) bond motifs is 8. The molecule has 1 radical (unpaired) electrons. The van der Waals surface area contributed by atoms with Gasteiger partial charge in [-0.3, -0.25) is 4.98 Å². The number of rotatable bonds is 8. The summed E-state index contributed by atoms with van der Waals surface area (Å²) in [5.74, 6) is 0.746. The molecule has 0 unspecified atom stereocenters. The number of aromatic nitrogens is 3. The van der Waals surface area contributed by atoms with Crippen LogP contribution in [0.1, 0.15) is 77.3 Å². The molecule has 7 heteroatoms. The molecule has 337 valence electrons. The Balaban J connectivity index is 0.000000232. The number of hydrogen-bond acceptors (Lipinski definition) is 4. The molecule has 7 aromatic carbocycles. The van der Waals surface area contributed by atoms with Crippen molar-refractivity contribution in [2.45, 2.75) is 78.9 Å². The van der Waals surface area contributed by atoms with Crippen molar-refractivity contribution in [1.29, 1.82) is 0 Å². The van der Waals surface area contributed by atoms with Crippen LogP contribution in [0.25, 0.3) is 94.4 Å². The van der Waals surface area contributed by atoms with Gasteiger partial charge in [0, 0.05) is 44.1 Å². The van der Waals surface area contributed by atoms with Crippen LogP contribution >= 0.6 is 0 Å². The molecule has 0 N–H and O–H groups in total. The van der Waals surface area contributed by atoms with Crippen LogP contribution in [0.2, 0.25) is 19.6 Å². The second-order valence-corrected chi connectivity index (χ2v) is 24.2. The molecule has 0 saturated carbocycles. The molecule has 0 aliphatic rings. The van der Waals surface area contributed by atoms with E-state index in [9.17, 15) is 0 Å². The van der Waals surface area contributed by atoms with Crippen LogP contribution in [-0.2, 0) is 20.1 Å². The summed E-state index contributed by atoms with van der Waals surface area (Å²) >= 11 is 0. The van der Waals surface area contributed by atoms with Crippen molar-refractivity contribution in [3.8, 4) is 39.5 Å². The topological polar surface area (TPSA) is 57.0 Å². The zero-order valence-corrected chi connectivity index (χ0v) is 43.0. The summed E-state index contributed by atoms with van der Waals surface area (Å²) in [6, 6.07) is 56.9. The molecular weight excluding hydrogens is 1010 g/mol. The molecule has 0 spiro atoms. The summed E-state index contributed by atoms with van der Waals surface area (Å²) in [5, 5.41) is 5.43. The fraction of sp³-hybridized carbons (Fsp3) is 0.200. The normalized spacial score (nSPS) is 12.3. The summed E-state index contributed by atoms with van der Waals surface area (Å²) in [6.45, 7) is 19.9. The van der Waals surface area contributed by atoms with Crippen LogP contribution in [0.15, 0.2) is 161 Å². The van der Waals surface area contributed by atoms with Gasteiger partial charge in [0.15, 0.2) is 0 Å². The van der Waals surface area contributed by atoms with Crippen LogP contribution in [-0.4, -0.2) is 22.6 Å². The van der Waals surface area contributed by atoms with Gasteiger partial charge in [-0.15, -0.1) is 54.1 Å². The van der Waals surface area contributed by atoms with E-state index in [0.29, 0.717) is 0 Å². The third-order valence-corrected chi connectivity index (χ3v) is 14.7. The largest absolute Gasteiger partial charge is 0.500 e. The van der Waals surface area contributed by atoms with Crippen LogP contribution in [0.3, 0.4) is 0 Å². The van der Waals surface area contributed by atoms with Crippen molar-refractivity contribution in [2.24, 2.45) is 0 Å². The Kier molecular flexibility index (Phi) is 12.2. The van der Waals surface area contributed by atoms with Gasteiger partial charge in [0.2, 0.25) is 0 Å². The van der Waals surface area contributed by atoms with Gasteiger partial charge < -0.3 is 18.4 Å². The molecule has 0 bridgehead atoms. The number of pyridine rings is 1. The molecule has 0 atom stereocenters. The van der Waals surface area contributed by atoms with E-state index in [1.807, 2.05) is 62.5 Å². The van der Waals surface area contributed by atoms with E-state index in [-0.39, 0.29) is 31.9 Å². The minimum atomic E-state index is -1.50. The second-order valence-electron chi connectivity index (χ2n) is 19.2. The van der Waals surface area contributed by atoms with Gasteiger partial charge in [0.25, 0.3) is 0 Å². The monoisotopic (exact) mass is 1070 g/mol. The molecule has 11 rings (SSSR count). The van der Waals surface area contributed by atoms with Crippen molar-refractivity contribution >= 4 is 68.2 Å². The summed E-state index contributed by atoms with van der Waals surface area (Å²) in [5.41, 5.74) is 15.2. The number of hydrogen-bond donors (Lipinski definition) is 0. The first-order chi connectivity index (χ1) is 32.2. The van der Waals surface area contributed by atoms with Crippen molar-refractivity contribution in [3.63, 3.8) is 0 Å². The maximum atomic E-state index is 8.44. The van der Waals surface area contributed by atoms with Gasteiger partial charge in [-0.25, -0.2) is 0 Å². The summed E-state index contributed by atoms with van der Waals surface area (Å²) < 4.78 is 24.0. The van der Waals surface area contributed by atoms with Gasteiger partial charge >= 0.3 is 0 Å².